The van der Waals surface area contributed by atoms with Crippen LogP contribution in [0.25, 0.3) is 0 Å². The molecule has 0 aromatic rings. The Morgan fingerprint density at radius 3 is 2.58 bits per heavy atom. The average Bonchev–Trinajstić information content (AvgIpc) is 2.37. The largest absolute Gasteiger partial charge is 0.313 e. The van der Waals surface area contributed by atoms with Crippen LogP contribution in [0.3, 0.4) is 0 Å². The van der Waals surface area contributed by atoms with E-state index in [0.717, 1.165) is 12.3 Å². The zero-order valence-electron chi connectivity index (χ0n) is 8.22. The van der Waals surface area contributed by atoms with Crippen molar-refractivity contribution >= 4 is 10.8 Å². The maximum Gasteiger partial charge on any atom is 0.0394 e. The molecule has 0 amide bonds. The molecule has 1 saturated heterocycles. The van der Waals surface area contributed by atoms with E-state index >= 15 is 0 Å². The Kier molecular flexibility index (Phi) is 3.29. The Morgan fingerprint density at radius 1 is 1.50 bits per heavy atom. The van der Waals surface area contributed by atoms with Crippen molar-refractivity contribution in [3.63, 3.8) is 0 Å². The van der Waals surface area contributed by atoms with Crippen molar-refractivity contribution in [1.82, 2.24) is 5.32 Å². The highest BCUT2D eigenvalue weighted by Gasteiger charge is 2.24. The predicted octanol–water partition coefficient (Wildman–Crippen LogP) is 1.29. The lowest BCUT2D eigenvalue weighted by molar-refractivity contribution is 0.619. The van der Waals surface area contributed by atoms with Crippen LogP contribution in [0.5, 0.6) is 0 Å². The molecule has 1 fully saturated rings. The second-order valence-corrected chi connectivity index (χ2v) is 6.67. The van der Waals surface area contributed by atoms with E-state index in [9.17, 15) is 4.21 Å². The van der Waals surface area contributed by atoms with Crippen molar-refractivity contribution < 1.29 is 4.21 Å². The van der Waals surface area contributed by atoms with Crippen LogP contribution in [-0.2, 0) is 10.8 Å². The Bertz CT molecular complexity index is 168. The van der Waals surface area contributed by atoms with Crippen LogP contribution in [0.2, 0.25) is 0 Å². The first-order valence-electron chi connectivity index (χ1n) is 4.62. The van der Waals surface area contributed by atoms with Crippen molar-refractivity contribution in [2.75, 3.05) is 12.3 Å². The minimum absolute atomic E-state index is 0.0513. The molecule has 1 N–H and O–H groups in total. The first-order chi connectivity index (χ1) is 5.50. The van der Waals surface area contributed by atoms with Gasteiger partial charge in [-0.3, -0.25) is 4.21 Å². The SMILES string of the molecule is CC(C)(C)S(=O)CC1CCCN1. The smallest absolute Gasteiger partial charge is 0.0394 e. The second kappa shape index (κ2) is 3.88. The molecule has 1 rings (SSSR count). The minimum Gasteiger partial charge on any atom is -0.313 e. The highest BCUT2D eigenvalue weighted by atomic mass is 32.2. The summed E-state index contributed by atoms with van der Waals surface area (Å²) in [7, 11) is -0.690. The van der Waals surface area contributed by atoms with E-state index < -0.39 is 10.8 Å². The Morgan fingerprint density at radius 2 is 2.17 bits per heavy atom. The van der Waals surface area contributed by atoms with E-state index in [1.807, 2.05) is 20.8 Å². The summed E-state index contributed by atoms with van der Waals surface area (Å²) < 4.78 is 11.6. The molecule has 2 atom stereocenters. The van der Waals surface area contributed by atoms with E-state index in [-0.39, 0.29) is 4.75 Å². The van der Waals surface area contributed by atoms with E-state index in [1.165, 1.54) is 12.8 Å². The molecule has 0 aromatic carbocycles. The highest BCUT2D eigenvalue weighted by Crippen LogP contribution is 2.15. The fourth-order valence-corrected chi connectivity index (χ4v) is 2.48. The van der Waals surface area contributed by atoms with Gasteiger partial charge in [0.2, 0.25) is 0 Å². The van der Waals surface area contributed by atoms with E-state index in [0.29, 0.717) is 6.04 Å². The number of nitrogens with one attached hydrogen (secondary N) is 1. The summed E-state index contributed by atoms with van der Waals surface area (Å²) in [5.41, 5.74) is 0. The number of rotatable bonds is 2. The van der Waals surface area contributed by atoms with Gasteiger partial charge in [-0.1, -0.05) is 0 Å². The van der Waals surface area contributed by atoms with Gasteiger partial charge in [0.1, 0.15) is 0 Å². The molecule has 12 heavy (non-hydrogen) atoms. The molecule has 0 aliphatic carbocycles. The lowest BCUT2D eigenvalue weighted by atomic mass is 10.2. The quantitative estimate of drug-likeness (QED) is 0.709. The van der Waals surface area contributed by atoms with Gasteiger partial charge < -0.3 is 5.32 Å². The van der Waals surface area contributed by atoms with Crippen LogP contribution in [0.15, 0.2) is 0 Å². The third kappa shape index (κ3) is 2.87. The molecular formula is C9H19NOS. The average molecular weight is 189 g/mol. The maximum atomic E-state index is 11.7. The molecule has 2 nitrogen and oxygen atoms in total. The standard InChI is InChI=1S/C9H19NOS/c1-9(2,3)12(11)7-8-5-4-6-10-8/h8,10H,4-7H2,1-3H3. The first kappa shape index (κ1) is 10.2. The summed E-state index contributed by atoms with van der Waals surface area (Å²) in [6.45, 7) is 7.22. The predicted molar refractivity (Wildman–Crippen MR) is 53.8 cm³/mol. The third-order valence-corrected chi connectivity index (χ3v) is 4.27. The monoisotopic (exact) mass is 189 g/mol. The fraction of sp³-hybridized carbons (Fsp3) is 1.00. The normalized spacial score (nSPS) is 27.4. The molecule has 1 heterocycles. The lowest BCUT2D eigenvalue weighted by Crippen LogP contribution is -2.34. The molecule has 0 aromatic heterocycles. The van der Waals surface area contributed by atoms with Crippen LogP contribution < -0.4 is 5.32 Å². The number of hydrogen-bond acceptors (Lipinski definition) is 2. The summed E-state index contributed by atoms with van der Waals surface area (Å²) in [4.78, 5) is 0. The topological polar surface area (TPSA) is 29.1 Å². The van der Waals surface area contributed by atoms with Crippen LogP contribution in [0.4, 0.5) is 0 Å². The molecule has 1 aliphatic heterocycles. The molecule has 1 aliphatic rings. The van der Waals surface area contributed by atoms with Gasteiger partial charge in [0.05, 0.1) is 0 Å². The second-order valence-electron chi connectivity index (χ2n) is 4.42. The summed E-state index contributed by atoms with van der Waals surface area (Å²) in [5.74, 6) is 0.823. The van der Waals surface area contributed by atoms with Crippen molar-refractivity contribution in [2.45, 2.75) is 44.4 Å². The molecule has 72 valence electrons. The van der Waals surface area contributed by atoms with Gasteiger partial charge in [-0.05, 0) is 40.2 Å². The Labute approximate surface area is 77.6 Å². The summed E-state index contributed by atoms with van der Waals surface area (Å²) in [5, 5.41) is 3.37. The fourth-order valence-electron chi connectivity index (χ4n) is 1.33. The van der Waals surface area contributed by atoms with Crippen molar-refractivity contribution in [2.24, 2.45) is 0 Å². The highest BCUT2D eigenvalue weighted by molar-refractivity contribution is 7.86. The van der Waals surface area contributed by atoms with Crippen molar-refractivity contribution in [3.8, 4) is 0 Å². The summed E-state index contributed by atoms with van der Waals surface area (Å²) in [6.07, 6.45) is 2.44. The minimum atomic E-state index is -0.690. The lowest BCUT2D eigenvalue weighted by Gasteiger charge is -2.20. The van der Waals surface area contributed by atoms with Crippen LogP contribution in [0, 0.1) is 0 Å². The molecule has 0 saturated carbocycles. The van der Waals surface area contributed by atoms with Crippen molar-refractivity contribution in [1.29, 1.82) is 0 Å². The van der Waals surface area contributed by atoms with Gasteiger partial charge in [0.25, 0.3) is 0 Å². The summed E-state index contributed by atoms with van der Waals surface area (Å²) in [6, 6.07) is 0.505. The summed E-state index contributed by atoms with van der Waals surface area (Å²) >= 11 is 0. The van der Waals surface area contributed by atoms with Gasteiger partial charge in [-0.2, -0.15) is 0 Å². The van der Waals surface area contributed by atoms with E-state index in [4.69, 9.17) is 0 Å². The molecular weight excluding hydrogens is 170 g/mol. The van der Waals surface area contributed by atoms with Crippen molar-refractivity contribution in [3.05, 3.63) is 0 Å². The van der Waals surface area contributed by atoms with Gasteiger partial charge in [-0.15, -0.1) is 0 Å². The van der Waals surface area contributed by atoms with Crippen LogP contribution >= 0.6 is 0 Å². The third-order valence-electron chi connectivity index (χ3n) is 2.20. The van der Waals surface area contributed by atoms with Gasteiger partial charge in [0.15, 0.2) is 0 Å². The number of hydrogen-bond donors (Lipinski definition) is 1. The van der Waals surface area contributed by atoms with E-state index in [2.05, 4.69) is 5.32 Å². The van der Waals surface area contributed by atoms with Crippen LogP contribution in [-0.4, -0.2) is 27.3 Å². The van der Waals surface area contributed by atoms with Gasteiger partial charge in [0, 0.05) is 27.3 Å². The van der Waals surface area contributed by atoms with Crippen LogP contribution in [0.1, 0.15) is 33.6 Å². The van der Waals surface area contributed by atoms with Gasteiger partial charge >= 0.3 is 0 Å². The zero-order valence-corrected chi connectivity index (χ0v) is 9.04. The molecule has 3 heteroatoms. The Balaban J connectivity index is 2.35. The molecule has 0 radical (unpaired) electrons. The van der Waals surface area contributed by atoms with Gasteiger partial charge in [-0.25, -0.2) is 0 Å². The molecule has 2 unspecified atom stereocenters. The molecule has 0 spiro atoms. The van der Waals surface area contributed by atoms with E-state index in [1.54, 1.807) is 0 Å². The Hall–Kier alpha value is 0.110. The maximum absolute atomic E-state index is 11.7. The molecule has 0 bridgehead atoms. The zero-order chi connectivity index (χ0) is 9.19. The first-order valence-corrected chi connectivity index (χ1v) is 5.94.